The molecule has 3 heterocycles. The Morgan fingerprint density at radius 3 is 2.06 bits per heavy atom. The Labute approximate surface area is 356 Å². The second-order valence-corrected chi connectivity index (χ2v) is 16.8. The first-order valence-electron chi connectivity index (χ1n) is 21.4. The van der Waals surface area contributed by atoms with Crippen LogP contribution < -0.4 is 0 Å². The lowest BCUT2D eigenvalue weighted by Crippen LogP contribution is -2.05. The Bertz CT molecular complexity index is 3900. The fourth-order valence-electron chi connectivity index (χ4n) is 10.7. The lowest BCUT2D eigenvalue weighted by atomic mass is 9.85. The van der Waals surface area contributed by atoms with Gasteiger partial charge in [-0.1, -0.05) is 158 Å². The maximum Gasteiger partial charge on any atom is 0.235 e. The SMILES string of the molecule is C1=CC(c2ccc3c(c2)c2ccccc2n3-c2nc(-c3ccc(-c4cccc5ccccc45)cc3)c3ccccc3n2)Cc2c1oc1cc3c4c(cccc4c21)-c1ccccc1-3. The number of nitrogens with zero attached hydrogens (tertiary/aromatic N) is 3. The summed E-state index contributed by atoms with van der Waals surface area (Å²) in [5.74, 6) is 1.82. The van der Waals surface area contributed by atoms with Crippen LogP contribution in [0.4, 0.5) is 0 Å². The predicted octanol–water partition coefficient (Wildman–Crippen LogP) is 15.1. The van der Waals surface area contributed by atoms with E-state index >= 15 is 0 Å². The van der Waals surface area contributed by atoms with Gasteiger partial charge in [0, 0.05) is 38.6 Å². The molecule has 4 nitrogen and oxygen atoms in total. The van der Waals surface area contributed by atoms with Crippen molar-refractivity contribution >= 4 is 71.3 Å². The quantitative estimate of drug-likeness (QED) is 0.178. The van der Waals surface area contributed by atoms with Gasteiger partial charge >= 0.3 is 0 Å². The van der Waals surface area contributed by atoms with E-state index in [4.69, 9.17) is 14.4 Å². The summed E-state index contributed by atoms with van der Waals surface area (Å²) in [6, 6.07) is 65.7. The van der Waals surface area contributed by atoms with Gasteiger partial charge < -0.3 is 4.42 Å². The molecule has 0 spiro atoms. The van der Waals surface area contributed by atoms with Crippen molar-refractivity contribution in [3.05, 3.63) is 205 Å². The lowest BCUT2D eigenvalue weighted by Gasteiger charge is -2.18. The van der Waals surface area contributed by atoms with E-state index in [9.17, 15) is 0 Å². The molecule has 0 bridgehead atoms. The minimum absolute atomic E-state index is 0.190. The molecular formula is C58H35N3O. The third-order valence-electron chi connectivity index (χ3n) is 13.5. The van der Waals surface area contributed by atoms with E-state index in [-0.39, 0.29) is 5.92 Å². The normalized spacial score (nSPS) is 14.2. The number of rotatable bonds is 4. The van der Waals surface area contributed by atoms with Gasteiger partial charge in [0.05, 0.1) is 22.2 Å². The zero-order valence-corrected chi connectivity index (χ0v) is 33.5. The number of allylic oxidation sites excluding steroid dienone is 1. The predicted molar refractivity (Wildman–Crippen MR) is 256 cm³/mol. The van der Waals surface area contributed by atoms with Gasteiger partial charge in [-0.05, 0) is 103 Å². The van der Waals surface area contributed by atoms with Gasteiger partial charge in [0.25, 0.3) is 0 Å². The summed E-state index contributed by atoms with van der Waals surface area (Å²) in [6.07, 6.45) is 5.39. The summed E-state index contributed by atoms with van der Waals surface area (Å²) >= 11 is 0. The molecule has 0 saturated carbocycles. The van der Waals surface area contributed by atoms with Crippen LogP contribution in [-0.2, 0) is 6.42 Å². The molecule has 0 amide bonds. The molecule has 14 rings (SSSR count). The van der Waals surface area contributed by atoms with E-state index in [1.807, 2.05) is 0 Å². The van der Waals surface area contributed by atoms with Crippen molar-refractivity contribution < 1.29 is 4.42 Å². The zero-order chi connectivity index (χ0) is 40.5. The molecule has 2 aliphatic rings. The monoisotopic (exact) mass is 789 g/mol. The largest absolute Gasteiger partial charge is 0.456 e. The number of fused-ring (bicyclic) bond motifs is 12. The van der Waals surface area contributed by atoms with E-state index < -0.39 is 0 Å². The summed E-state index contributed by atoms with van der Waals surface area (Å²) in [6.45, 7) is 0. The van der Waals surface area contributed by atoms with Crippen molar-refractivity contribution in [1.82, 2.24) is 14.5 Å². The van der Waals surface area contributed by atoms with Crippen molar-refractivity contribution in [3.63, 3.8) is 0 Å². The molecule has 9 aromatic carbocycles. The molecule has 0 N–H and O–H groups in total. The van der Waals surface area contributed by atoms with E-state index in [0.717, 1.165) is 51.0 Å². The summed E-state index contributed by atoms with van der Waals surface area (Å²) in [7, 11) is 0. The third-order valence-corrected chi connectivity index (χ3v) is 13.5. The molecule has 0 radical (unpaired) electrons. The molecule has 288 valence electrons. The minimum Gasteiger partial charge on any atom is -0.456 e. The maximum atomic E-state index is 6.65. The van der Waals surface area contributed by atoms with Crippen LogP contribution in [0.2, 0.25) is 0 Å². The molecule has 1 atom stereocenters. The number of para-hydroxylation sites is 2. The summed E-state index contributed by atoms with van der Waals surface area (Å²) in [5.41, 5.74) is 16.2. The summed E-state index contributed by atoms with van der Waals surface area (Å²) < 4.78 is 8.90. The molecule has 12 aromatic rings. The first-order chi connectivity index (χ1) is 30.7. The molecule has 62 heavy (non-hydrogen) atoms. The van der Waals surface area contributed by atoms with E-state index in [1.165, 1.54) is 82.2 Å². The van der Waals surface area contributed by atoms with Crippen LogP contribution in [0.5, 0.6) is 0 Å². The number of benzene rings is 9. The Kier molecular flexibility index (Phi) is 6.92. The van der Waals surface area contributed by atoms with Crippen LogP contribution >= 0.6 is 0 Å². The third kappa shape index (κ3) is 4.77. The molecule has 2 aliphatic carbocycles. The Morgan fingerprint density at radius 2 is 1.16 bits per heavy atom. The van der Waals surface area contributed by atoms with Crippen LogP contribution in [-0.4, -0.2) is 14.5 Å². The standard InChI is InChI=1S/C58H35N3O/c1-2-13-39-34(11-1)12-9-18-40(39)35-23-25-36(26-24-35)57-45-17-5-7-21-50(45)59-58(60-57)61-51-22-8-6-16-43(51)47-31-37(27-29-52(47)61)38-28-30-53-49(32-38)56-46-20-10-19-44-41-14-3-4-15-42(41)48(55(44)46)33-54(56)62-53/h1-31,33,38H,32H2. The van der Waals surface area contributed by atoms with Crippen LogP contribution in [0, 0.1) is 0 Å². The van der Waals surface area contributed by atoms with Gasteiger partial charge in [-0.2, -0.15) is 0 Å². The van der Waals surface area contributed by atoms with Gasteiger partial charge in [0.1, 0.15) is 11.3 Å². The Hall–Kier alpha value is -8.08. The van der Waals surface area contributed by atoms with E-state index in [1.54, 1.807) is 0 Å². The maximum absolute atomic E-state index is 6.65. The Morgan fingerprint density at radius 1 is 0.484 bits per heavy atom. The highest BCUT2D eigenvalue weighted by atomic mass is 16.3. The molecule has 1 unspecified atom stereocenters. The molecule has 0 fully saturated rings. The van der Waals surface area contributed by atoms with Crippen molar-refractivity contribution in [1.29, 1.82) is 0 Å². The molecular weight excluding hydrogens is 755 g/mol. The van der Waals surface area contributed by atoms with Gasteiger partial charge in [-0.3, -0.25) is 4.57 Å². The van der Waals surface area contributed by atoms with Gasteiger partial charge in [0.2, 0.25) is 5.95 Å². The van der Waals surface area contributed by atoms with E-state index in [2.05, 4.69) is 199 Å². The molecule has 0 saturated heterocycles. The number of hydrogen-bond acceptors (Lipinski definition) is 3. The summed E-state index contributed by atoms with van der Waals surface area (Å²) in [4.78, 5) is 10.7. The average Bonchev–Trinajstić information content (AvgIpc) is 3.99. The van der Waals surface area contributed by atoms with Crippen molar-refractivity contribution in [3.8, 4) is 50.6 Å². The first-order valence-corrected chi connectivity index (χ1v) is 21.4. The minimum atomic E-state index is 0.190. The Balaban J connectivity index is 0.877. The van der Waals surface area contributed by atoms with E-state index in [0.29, 0.717) is 5.95 Å². The summed E-state index contributed by atoms with van der Waals surface area (Å²) in [5, 5.41) is 9.74. The fraction of sp³-hybridized carbons (Fsp3) is 0.0345. The fourth-order valence-corrected chi connectivity index (χ4v) is 10.7. The first kappa shape index (κ1) is 33.7. The van der Waals surface area contributed by atoms with Crippen molar-refractivity contribution in [2.75, 3.05) is 0 Å². The van der Waals surface area contributed by atoms with Crippen LogP contribution in [0.3, 0.4) is 0 Å². The zero-order valence-electron chi connectivity index (χ0n) is 33.5. The highest BCUT2D eigenvalue weighted by Gasteiger charge is 2.28. The van der Waals surface area contributed by atoms with Crippen molar-refractivity contribution in [2.45, 2.75) is 12.3 Å². The van der Waals surface area contributed by atoms with Crippen molar-refractivity contribution in [2.24, 2.45) is 0 Å². The van der Waals surface area contributed by atoms with Crippen LogP contribution in [0.15, 0.2) is 192 Å². The topological polar surface area (TPSA) is 43.9 Å². The molecule has 0 aliphatic heterocycles. The smallest absolute Gasteiger partial charge is 0.235 e. The second kappa shape index (κ2) is 12.7. The number of aromatic nitrogens is 3. The lowest BCUT2D eigenvalue weighted by molar-refractivity contribution is 0.592. The van der Waals surface area contributed by atoms with Gasteiger partial charge in [-0.15, -0.1) is 0 Å². The molecule has 4 heteroatoms. The van der Waals surface area contributed by atoms with Gasteiger partial charge in [0.15, 0.2) is 0 Å². The highest BCUT2D eigenvalue weighted by Crippen LogP contribution is 2.51. The highest BCUT2D eigenvalue weighted by molar-refractivity contribution is 6.23. The number of furan rings is 1. The molecule has 3 aromatic heterocycles. The average molecular weight is 790 g/mol. The van der Waals surface area contributed by atoms with Crippen LogP contribution in [0.1, 0.15) is 22.8 Å². The van der Waals surface area contributed by atoms with Crippen LogP contribution in [0.25, 0.3) is 122 Å². The number of hydrogen-bond donors (Lipinski definition) is 0. The second-order valence-electron chi connectivity index (χ2n) is 16.8. The van der Waals surface area contributed by atoms with Gasteiger partial charge in [-0.25, -0.2) is 9.97 Å².